The molecule has 0 bridgehead atoms. The number of morpholine rings is 1. The Bertz CT molecular complexity index is 2140. The van der Waals surface area contributed by atoms with Crippen LogP contribution in [-0.2, 0) is 9.53 Å². The topological polar surface area (TPSA) is 91.0 Å². The van der Waals surface area contributed by atoms with Crippen molar-refractivity contribution in [1.82, 2.24) is 14.4 Å². The number of hydrogen-bond acceptors (Lipinski definition) is 8. The normalized spacial score (nSPS) is 16.2. The molecule has 2 saturated heterocycles. The van der Waals surface area contributed by atoms with Crippen LogP contribution in [0.15, 0.2) is 114 Å². The Morgan fingerprint density at radius 3 is 1.96 bits per heavy atom. The zero-order valence-corrected chi connectivity index (χ0v) is 29.3. The molecule has 3 heterocycles. The van der Waals surface area contributed by atoms with Crippen LogP contribution in [-0.4, -0.2) is 79.9 Å². The highest BCUT2D eigenvalue weighted by Crippen LogP contribution is 2.29. The van der Waals surface area contributed by atoms with Gasteiger partial charge >= 0.3 is 0 Å². The minimum absolute atomic E-state index is 0.0441. The van der Waals surface area contributed by atoms with E-state index in [1.54, 1.807) is 36.3 Å². The van der Waals surface area contributed by atoms with Gasteiger partial charge in [0, 0.05) is 45.0 Å². The van der Waals surface area contributed by atoms with Gasteiger partial charge in [-0.1, -0.05) is 72.8 Å². The molecule has 0 aliphatic carbocycles. The molecule has 0 saturated carbocycles. The number of piperazine rings is 1. The monoisotopic (exact) mass is 697 g/mol. The van der Waals surface area contributed by atoms with Crippen LogP contribution < -0.4 is 24.4 Å². The van der Waals surface area contributed by atoms with E-state index in [1.807, 2.05) is 42.5 Å². The fourth-order valence-electron chi connectivity index (χ4n) is 6.78. The first kappa shape index (κ1) is 34.0. The van der Waals surface area contributed by atoms with Gasteiger partial charge in [0.2, 0.25) is 0 Å². The van der Waals surface area contributed by atoms with Crippen LogP contribution in [0.2, 0.25) is 0 Å². The van der Waals surface area contributed by atoms with E-state index in [0.29, 0.717) is 60.0 Å². The first-order valence-corrected chi connectivity index (χ1v) is 17.9. The molecule has 258 valence electrons. The predicted molar refractivity (Wildman–Crippen MR) is 201 cm³/mol. The highest BCUT2D eigenvalue weighted by atomic mass is 32.1. The maximum absolute atomic E-state index is 14.2. The number of hydrogen-bond donors (Lipinski definition) is 0. The Balaban J connectivity index is 1.22. The lowest BCUT2D eigenvalue weighted by atomic mass is 9.96. The molecule has 0 radical (unpaired) electrons. The second kappa shape index (κ2) is 15.6. The molecular weight excluding hydrogens is 659 g/mol. The number of carbonyl (C=O) groups excluding carboxylic acids is 1. The number of rotatable bonds is 8. The molecule has 5 aromatic rings. The fraction of sp³-hybridized carbons (Fsp3) is 0.244. The number of thiazole rings is 1. The predicted octanol–water partition coefficient (Wildman–Crippen LogP) is 4.18. The Kier molecular flexibility index (Phi) is 10.4. The van der Waals surface area contributed by atoms with Crippen molar-refractivity contribution in [3.05, 3.63) is 145 Å². The lowest BCUT2D eigenvalue weighted by Crippen LogP contribution is -2.50. The van der Waals surface area contributed by atoms with Gasteiger partial charge in [0.1, 0.15) is 16.5 Å². The van der Waals surface area contributed by atoms with Crippen molar-refractivity contribution in [2.75, 3.05) is 64.5 Å². The van der Waals surface area contributed by atoms with Gasteiger partial charge in [0.05, 0.1) is 36.6 Å². The van der Waals surface area contributed by atoms with Crippen LogP contribution >= 0.6 is 11.3 Å². The standard InChI is InChI=1S/C41H39N5O4S/c1-49-35-18-16-34(17-19-35)46-40(48)37(28-30-12-14-33(15-13-30)43-24-26-50-27-25-43)51-41(46)36(29-42)39(47)45-22-20-44(21-23-45)38(31-8-4-2-5-9-31)32-10-6-3-7-11-32/h2-19,28,38H,20-27H2,1H3/b37-28+,41-36-. The van der Waals surface area contributed by atoms with Crippen molar-refractivity contribution in [1.29, 1.82) is 5.26 Å². The van der Waals surface area contributed by atoms with E-state index in [0.717, 1.165) is 35.7 Å². The summed E-state index contributed by atoms with van der Waals surface area (Å²) in [5.41, 5.74) is 4.54. The number of amides is 1. The summed E-state index contributed by atoms with van der Waals surface area (Å²) in [6.07, 6.45) is 1.82. The van der Waals surface area contributed by atoms with Gasteiger partial charge in [-0.05, 0) is 59.2 Å². The van der Waals surface area contributed by atoms with E-state index in [9.17, 15) is 14.9 Å². The number of carbonyl (C=O) groups is 1. The number of anilines is 1. The maximum atomic E-state index is 14.2. The summed E-state index contributed by atoms with van der Waals surface area (Å²) in [5.74, 6) is 0.261. The van der Waals surface area contributed by atoms with Gasteiger partial charge in [-0.25, -0.2) is 0 Å². The second-order valence-electron chi connectivity index (χ2n) is 12.5. The minimum Gasteiger partial charge on any atom is -0.497 e. The molecule has 0 spiro atoms. The summed E-state index contributed by atoms with van der Waals surface area (Å²) in [7, 11) is 1.58. The molecule has 7 rings (SSSR count). The maximum Gasteiger partial charge on any atom is 0.273 e. The smallest absolute Gasteiger partial charge is 0.273 e. The third-order valence-electron chi connectivity index (χ3n) is 9.46. The SMILES string of the molecule is COc1ccc(-n2c(=O)/c(=C\c3ccc(N4CCOCC4)cc3)s/c2=C(/C#N)C(=O)N2CCN(C(c3ccccc3)c3ccccc3)CC2)cc1. The number of benzene rings is 4. The Labute approximate surface area is 301 Å². The van der Waals surface area contributed by atoms with E-state index in [2.05, 4.69) is 64.4 Å². The number of nitriles is 1. The average molecular weight is 698 g/mol. The Morgan fingerprint density at radius 2 is 1.39 bits per heavy atom. The molecule has 1 amide bonds. The molecule has 0 unspecified atom stereocenters. The van der Waals surface area contributed by atoms with Gasteiger partial charge < -0.3 is 19.3 Å². The third-order valence-corrected chi connectivity index (χ3v) is 10.6. The molecule has 0 N–H and O–H groups in total. The lowest BCUT2D eigenvalue weighted by molar-refractivity contribution is -0.126. The van der Waals surface area contributed by atoms with Gasteiger partial charge in [-0.3, -0.25) is 19.1 Å². The molecule has 51 heavy (non-hydrogen) atoms. The van der Waals surface area contributed by atoms with Crippen molar-refractivity contribution in [3.63, 3.8) is 0 Å². The highest BCUT2D eigenvalue weighted by Gasteiger charge is 2.30. The lowest BCUT2D eigenvalue weighted by Gasteiger charge is -2.39. The van der Waals surface area contributed by atoms with Crippen LogP contribution in [0.25, 0.3) is 17.3 Å². The van der Waals surface area contributed by atoms with Crippen LogP contribution in [0.5, 0.6) is 5.75 Å². The van der Waals surface area contributed by atoms with Crippen LogP contribution in [0.1, 0.15) is 22.7 Å². The van der Waals surface area contributed by atoms with Crippen LogP contribution in [0, 0.1) is 11.3 Å². The number of nitrogens with zero attached hydrogens (tertiary/aromatic N) is 5. The van der Waals surface area contributed by atoms with Gasteiger partial charge in [-0.2, -0.15) is 5.26 Å². The summed E-state index contributed by atoms with van der Waals surface area (Å²) in [5, 5.41) is 10.5. The second-order valence-corrected chi connectivity index (χ2v) is 13.5. The van der Waals surface area contributed by atoms with Crippen molar-refractivity contribution >= 4 is 34.6 Å². The molecule has 2 fully saturated rings. The quantitative estimate of drug-likeness (QED) is 0.241. The summed E-state index contributed by atoms with van der Waals surface area (Å²) in [4.78, 5) is 34.7. The molecule has 4 aromatic carbocycles. The average Bonchev–Trinajstić information content (AvgIpc) is 3.51. The minimum atomic E-state index is -0.377. The molecule has 2 aliphatic rings. The molecule has 1 aromatic heterocycles. The van der Waals surface area contributed by atoms with E-state index < -0.39 is 0 Å². The first-order valence-electron chi connectivity index (χ1n) is 17.1. The van der Waals surface area contributed by atoms with Crippen molar-refractivity contribution in [3.8, 4) is 17.5 Å². The van der Waals surface area contributed by atoms with Gasteiger partial charge in [-0.15, -0.1) is 11.3 Å². The highest BCUT2D eigenvalue weighted by molar-refractivity contribution is 7.07. The van der Waals surface area contributed by atoms with Crippen LogP contribution in [0.4, 0.5) is 5.69 Å². The van der Waals surface area contributed by atoms with Crippen molar-refractivity contribution in [2.24, 2.45) is 0 Å². The fourth-order valence-corrected chi connectivity index (χ4v) is 7.88. The van der Waals surface area contributed by atoms with Crippen molar-refractivity contribution in [2.45, 2.75) is 6.04 Å². The van der Waals surface area contributed by atoms with Gasteiger partial charge in [0.25, 0.3) is 11.5 Å². The molecule has 10 heteroatoms. The zero-order chi connectivity index (χ0) is 35.2. The molecule has 0 atom stereocenters. The Morgan fingerprint density at radius 1 is 0.804 bits per heavy atom. The summed E-state index contributed by atoms with van der Waals surface area (Å²) in [6, 6.07) is 38.1. The van der Waals surface area contributed by atoms with E-state index in [1.165, 1.54) is 15.7 Å². The number of ether oxygens (including phenoxy) is 2. The third kappa shape index (κ3) is 7.37. The summed E-state index contributed by atoms with van der Waals surface area (Å²) >= 11 is 1.16. The van der Waals surface area contributed by atoms with Crippen molar-refractivity contribution < 1.29 is 14.3 Å². The number of methoxy groups -OCH3 is 1. The molecule has 9 nitrogen and oxygen atoms in total. The largest absolute Gasteiger partial charge is 0.497 e. The first-order chi connectivity index (χ1) is 25.0. The molecule has 2 aliphatic heterocycles. The van der Waals surface area contributed by atoms with Crippen LogP contribution in [0.3, 0.4) is 0 Å². The van der Waals surface area contributed by atoms with E-state index in [4.69, 9.17) is 9.47 Å². The zero-order valence-electron chi connectivity index (χ0n) is 28.5. The van der Waals surface area contributed by atoms with E-state index >= 15 is 0 Å². The Hall–Kier alpha value is -5.47. The summed E-state index contributed by atoms with van der Waals surface area (Å²) in [6.45, 7) is 5.23. The summed E-state index contributed by atoms with van der Waals surface area (Å²) < 4.78 is 13.0. The number of aromatic nitrogens is 1. The molecular formula is C41H39N5O4S. The van der Waals surface area contributed by atoms with Gasteiger partial charge in [0.15, 0.2) is 5.57 Å². The van der Waals surface area contributed by atoms with E-state index in [-0.39, 0.29) is 23.1 Å².